The quantitative estimate of drug-likeness (QED) is 0.639. The standard InChI is InChI=1S/C20H27N3O5S/c1-14(20(24)22-16-6-8-17(9-7-16)29(21,25)26)23(2)12-11-15-5-10-18(27-3)19(13-15)28-4/h5-10,13-14H,11-12H2,1-4H3,(H,22,24)(H2,21,25,26)/t14-/m1/s1. The molecule has 3 N–H and O–H groups in total. The number of nitrogens with two attached hydrogens (primary N) is 1. The van der Waals surface area contributed by atoms with Gasteiger partial charge in [0.1, 0.15) is 0 Å². The van der Waals surface area contributed by atoms with Crippen molar-refractivity contribution in [3.8, 4) is 11.5 Å². The van der Waals surface area contributed by atoms with E-state index >= 15 is 0 Å². The molecular formula is C20H27N3O5S. The fraction of sp³-hybridized carbons (Fsp3) is 0.350. The Balaban J connectivity index is 1.93. The summed E-state index contributed by atoms with van der Waals surface area (Å²) in [6.07, 6.45) is 0.734. The summed E-state index contributed by atoms with van der Waals surface area (Å²) in [4.78, 5) is 14.4. The second-order valence-electron chi connectivity index (χ2n) is 6.65. The minimum Gasteiger partial charge on any atom is -0.493 e. The summed E-state index contributed by atoms with van der Waals surface area (Å²) in [7, 11) is 1.30. The molecule has 0 bridgehead atoms. The number of amides is 1. The number of ether oxygens (including phenoxy) is 2. The van der Waals surface area contributed by atoms with Gasteiger partial charge in [0.25, 0.3) is 0 Å². The van der Waals surface area contributed by atoms with E-state index in [-0.39, 0.29) is 16.8 Å². The molecule has 0 saturated heterocycles. The maximum Gasteiger partial charge on any atom is 0.241 e. The fourth-order valence-corrected chi connectivity index (χ4v) is 3.23. The third kappa shape index (κ3) is 6.18. The Bertz CT molecular complexity index is 945. The molecule has 0 aliphatic rings. The number of rotatable bonds is 9. The molecule has 2 aromatic rings. The molecule has 0 unspecified atom stereocenters. The Labute approximate surface area is 171 Å². The van der Waals surface area contributed by atoms with Gasteiger partial charge in [0.15, 0.2) is 11.5 Å². The van der Waals surface area contributed by atoms with Crippen LogP contribution in [0.15, 0.2) is 47.4 Å². The molecule has 9 heteroatoms. The number of hydrogen-bond donors (Lipinski definition) is 2. The van der Waals surface area contributed by atoms with Gasteiger partial charge in [-0.2, -0.15) is 0 Å². The molecule has 1 amide bonds. The zero-order chi connectivity index (χ0) is 21.6. The lowest BCUT2D eigenvalue weighted by molar-refractivity contribution is -0.120. The van der Waals surface area contributed by atoms with Crippen LogP contribution in [0.1, 0.15) is 12.5 Å². The molecular weight excluding hydrogens is 394 g/mol. The van der Waals surface area contributed by atoms with Crippen LogP contribution in [0.25, 0.3) is 0 Å². The summed E-state index contributed by atoms with van der Waals surface area (Å²) >= 11 is 0. The molecule has 8 nitrogen and oxygen atoms in total. The number of methoxy groups -OCH3 is 2. The third-order valence-corrected chi connectivity index (χ3v) is 5.62. The van der Waals surface area contributed by atoms with E-state index in [2.05, 4.69) is 5.32 Å². The average molecular weight is 422 g/mol. The van der Waals surface area contributed by atoms with Crippen LogP contribution < -0.4 is 19.9 Å². The van der Waals surface area contributed by atoms with Crippen molar-refractivity contribution in [1.29, 1.82) is 0 Å². The lowest BCUT2D eigenvalue weighted by atomic mass is 10.1. The van der Waals surface area contributed by atoms with Gasteiger partial charge in [-0.3, -0.25) is 9.69 Å². The lowest BCUT2D eigenvalue weighted by Crippen LogP contribution is -2.40. The van der Waals surface area contributed by atoms with Gasteiger partial charge in [-0.1, -0.05) is 6.07 Å². The number of carbonyl (C=O) groups excluding carboxylic acids is 1. The molecule has 158 valence electrons. The number of nitrogens with one attached hydrogen (secondary N) is 1. The predicted molar refractivity (Wildman–Crippen MR) is 112 cm³/mol. The summed E-state index contributed by atoms with van der Waals surface area (Å²) < 4.78 is 33.2. The molecule has 0 spiro atoms. The highest BCUT2D eigenvalue weighted by molar-refractivity contribution is 7.89. The Morgan fingerprint density at radius 2 is 1.72 bits per heavy atom. The third-order valence-electron chi connectivity index (χ3n) is 4.69. The van der Waals surface area contributed by atoms with Gasteiger partial charge in [0.2, 0.25) is 15.9 Å². The van der Waals surface area contributed by atoms with E-state index in [9.17, 15) is 13.2 Å². The van der Waals surface area contributed by atoms with Crippen LogP contribution in [0.3, 0.4) is 0 Å². The van der Waals surface area contributed by atoms with E-state index in [4.69, 9.17) is 14.6 Å². The minimum absolute atomic E-state index is 0.00409. The first-order chi connectivity index (χ1) is 13.7. The van der Waals surface area contributed by atoms with E-state index in [0.29, 0.717) is 23.7 Å². The zero-order valence-corrected chi connectivity index (χ0v) is 17.8. The number of primary sulfonamides is 1. The molecule has 0 saturated carbocycles. The number of hydrogen-bond acceptors (Lipinski definition) is 6. The highest BCUT2D eigenvalue weighted by Crippen LogP contribution is 2.27. The van der Waals surface area contributed by atoms with Gasteiger partial charge in [-0.05, 0) is 62.4 Å². The number of carbonyl (C=O) groups is 1. The van der Waals surface area contributed by atoms with Crippen LogP contribution in [0.4, 0.5) is 5.69 Å². The predicted octanol–water partition coefficient (Wildman–Crippen LogP) is 1.85. The van der Waals surface area contributed by atoms with Crippen molar-refractivity contribution >= 4 is 21.6 Å². The van der Waals surface area contributed by atoms with Gasteiger partial charge in [0, 0.05) is 12.2 Å². The van der Waals surface area contributed by atoms with Gasteiger partial charge in [-0.25, -0.2) is 13.6 Å². The number of benzene rings is 2. The zero-order valence-electron chi connectivity index (χ0n) is 17.0. The molecule has 0 heterocycles. The van der Waals surface area contributed by atoms with Crippen molar-refractivity contribution in [3.05, 3.63) is 48.0 Å². The second-order valence-corrected chi connectivity index (χ2v) is 8.22. The number of likely N-dealkylation sites (N-methyl/N-ethyl adjacent to an activating group) is 1. The van der Waals surface area contributed by atoms with Crippen LogP contribution in [-0.4, -0.2) is 53.1 Å². The SMILES string of the molecule is COc1ccc(CCN(C)[C@H](C)C(=O)Nc2ccc(S(N)(=O)=O)cc2)cc1OC. The number of nitrogens with zero attached hydrogens (tertiary/aromatic N) is 1. The second kappa shape index (κ2) is 9.73. The fourth-order valence-electron chi connectivity index (χ4n) is 2.71. The first-order valence-corrected chi connectivity index (χ1v) is 10.5. The van der Waals surface area contributed by atoms with E-state index in [1.54, 1.807) is 14.2 Å². The van der Waals surface area contributed by atoms with E-state index in [1.807, 2.05) is 37.1 Å². The van der Waals surface area contributed by atoms with E-state index in [1.165, 1.54) is 24.3 Å². The molecule has 2 aromatic carbocycles. The first-order valence-electron chi connectivity index (χ1n) is 9.00. The van der Waals surface area contributed by atoms with Gasteiger partial charge in [0.05, 0.1) is 25.2 Å². The Kier molecular flexibility index (Phi) is 7.60. The van der Waals surface area contributed by atoms with E-state index in [0.717, 1.165) is 12.0 Å². The molecule has 1 atom stereocenters. The summed E-state index contributed by atoms with van der Waals surface area (Å²) in [5, 5.41) is 7.86. The van der Waals surface area contributed by atoms with Crippen molar-refractivity contribution in [2.45, 2.75) is 24.3 Å². The topological polar surface area (TPSA) is 111 Å². The number of anilines is 1. The summed E-state index contributed by atoms with van der Waals surface area (Å²) in [6, 6.07) is 11.1. The number of sulfonamides is 1. The smallest absolute Gasteiger partial charge is 0.241 e. The normalized spacial score (nSPS) is 12.5. The van der Waals surface area contributed by atoms with Crippen LogP contribution in [0, 0.1) is 0 Å². The summed E-state index contributed by atoms with van der Waals surface area (Å²) in [5.41, 5.74) is 1.57. The Morgan fingerprint density at radius 1 is 1.10 bits per heavy atom. The molecule has 0 aliphatic carbocycles. The van der Waals surface area contributed by atoms with E-state index < -0.39 is 10.0 Å². The largest absolute Gasteiger partial charge is 0.493 e. The lowest BCUT2D eigenvalue weighted by Gasteiger charge is -2.24. The van der Waals surface area contributed by atoms with Crippen molar-refractivity contribution in [2.75, 3.05) is 33.1 Å². The van der Waals surface area contributed by atoms with Crippen molar-refractivity contribution in [2.24, 2.45) is 5.14 Å². The van der Waals surface area contributed by atoms with Gasteiger partial charge >= 0.3 is 0 Å². The van der Waals surface area contributed by atoms with Crippen LogP contribution in [-0.2, 0) is 21.2 Å². The first kappa shape index (κ1) is 22.7. The van der Waals surface area contributed by atoms with Crippen LogP contribution in [0.5, 0.6) is 11.5 Å². The maximum absolute atomic E-state index is 12.5. The van der Waals surface area contributed by atoms with Crippen LogP contribution >= 0.6 is 0 Å². The monoisotopic (exact) mass is 421 g/mol. The Hall–Kier alpha value is -2.62. The molecule has 0 aromatic heterocycles. The highest BCUT2D eigenvalue weighted by atomic mass is 32.2. The Morgan fingerprint density at radius 3 is 2.28 bits per heavy atom. The molecule has 0 aliphatic heterocycles. The van der Waals surface area contributed by atoms with Gasteiger partial charge < -0.3 is 14.8 Å². The van der Waals surface area contributed by atoms with Crippen molar-refractivity contribution in [1.82, 2.24) is 4.90 Å². The molecule has 0 radical (unpaired) electrons. The van der Waals surface area contributed by atoms with Crippen LogP contribution in [0.2, 0.25) is 0 Å². The minimum atomic E-state index is -3.76. The molecule has 2 rings (SSSR count). The summed E-state index contributed by atoms with van der Waals surface area (Å²) in [6.45, 7) is 2.47. The van der Waals surface area contributed by atoms with Crippen molar-refractivity contribution in [3.63, 3.8) is 0 Å². The summed E-state index contributed by atoms with van der Waals surface area (Å²) in [5.74, 6) is 1.15. The average Bonchev–Trinajstić information content (AvgIpc) is 2.70. The highest BCUT2D eigenvalue weighted by Gasteiger charge is 2.18. The van der Waals surface area contributed by atoms with Crippen molar-refractivity contribution < 1.29 is 22.7 Å². The van der Waals surface area contributed by atoms with Gasteiger partial charge in [-0.15, -0.1) is 0 Å². The maximum atomic E-state index is 12.5. The molecule has 29 heavy (non-hydrogen) atoms. The molecule has 0 fully saturated rings.